The Hall–Kier alpha value is -2.10. The minimum absolute atomic E-state index is 0.151. The van der Waals surface area contributed by atoms with E-state index in [-0.39, 0.29) is 15.5 Å². The number of anilines is 2. The van der Waals surface area contributed by atoms with Gasteiger partial charge >= 0.3 is 0 Å². The Balaban J connectivity index is 1.95. The molecule has 0 atom stereocenters. The lowest BCUT2D eigenvalue weighted by atomic mass is 9.92. The van der Waals surface area contributed by atoms with Gasteiger partial charge in [0.05, 0.1) is 21.2 Å². The Bertz CT molecular complexity index is 1100. The quantitative estimate of drug-likeness (QED) is 0.548. The van der Waals surface area contributed by atoms with Gasteiger partial charge in [0.1, 0.15) is 0 Å². The highest BCUT2D eigenvalue weighted by Gasteiger charge is 2.20. The number of benzene rings is 2. The van der Waals surface area contributed by atoms with E-state index in [0.717, 1.165) is 44.1 Å². The molecule has 4 N–H and O–H groups in total. The number of primary sulfonamides is 1. The SMILES string of the molecule is CCCCNc1ccc(S(N)(=O)=O)cc1NS(=O)(=O)c1ccc2c(c1)CCCC2. The fourth-order valence-electron chi connectivity index (χ4n) is 3.42. The van der Waals surface area contributed by atoms with Crippen LogP contribution in [0.3, 0.4) is 0 Å². The number of rotatable bonds is 8. The summed E-state index contributed by atoms with van der Waals surface area (Å²) in [5, 5.41) is 8.38. The third-order valence-corrected chi connectivity index (χ3v) is 7.31. The fourth-order valence-corrected chi connectivity index (χ4v) is 5.08. The average Bonchev–Trinajstić information content (AvgIpc) is 2.68. The summed E-state index contributed by atoms with van der Waals surface area (Å²) in [5.41, 5.74) is 2.91. The Kier molecular flexibility index (Phi) is 6.50. The van der Waals surface area contributed by atoms with Gasteiger partial charge in [0.25, 0.3) is 10.0 Å². The second-order valence-corrected chi connectivity index (χ2v) is 10.5. The molecule has 0 aromatic heterocycles. The molecule has 0 spiro atoms. The normalized spacial score (nSPS) is 14.3. The van der Waals surface area contributed by atoms with Crippen molar-refractivity contribution in [2.75, 3.05) is 16.6 Å². The summed E-state index contributed by atoms with van der Waals surface area (Å²) in [7, 11) is -7.85. The Morgan fingerprint density at radius 1 is 0.897 bits per heavy atom. The number of unbranched alkanes of at least 4 members (excludes halogenated alkanes) is 1. The van der Waals surface area contributed by atoms with Crippen LogP contribution in [0.5, 0.6) is 0 Å². The molecule has 1 aliphatic carbocycles. The van der Waals surface area contributed by atoms with Crippen LogP contribution >= 0.6 is 0 Å². The predicted molar refractivity (Wildman–Crippen MR) is 115 cm³/mol. The molecule has 0 saturated carbocycles. The lowest BCUT2D eigenvalue weighted by molar-refractivity contribution is 0.596. The minimum atomic E-state index is -3.96. The molecular weight excluding hydrogens is 410 g/mol. The van der Waals surface area contributed by atoms with Crippen LogP contribution in [0.2, 0.25) is 0 Å². The molecule has 0 amide bonds. The van der Waals surface area contributed by atoms with Gasteiger partial charge in [-0.25, -0.2) is 22.0 Å². The number of hydrogen-bond acceptors (Lipinski definition) is 5. The Morgan fingerprint density at radius 3 is 2.28 bits per heavy atom. The maximum absolute atomic E-state index is 13.0. The molecule has 2 aromatic rings. The van der Waals surface area contributed by atoms with Gasteiger partial charge in [0.15, 0.2) is 0 Å². The van der Waals surface area contributed by atoms with Crippen LogP contribution in [-0.2, 0) is 32.9 Å². The lowest BCUT2D eigenvalue weighted by Crippen LogP contribution is -2.17. The van der Waals surface area contributed by atoms with Crippen LogP contribution in [0, 0.1) is 0 Å². The smallest absolute Gasteiger partial charge is 0.261 e. The van der Waals surface area contributed by atoms with Crippen molar-refractivity contribution >= 4 is 31.4 Å². The zero-order chi connectivity index (χ0) is 21.1. The van der Waals surface area contributed by atoms with E-state index in [1.165, 1.54) is 23.8 Å². The summed E-state index contributed by atoms with van der Waals surface area (Å²) in [5.74, 6) is 0. The summed E-state index contributed by atoms with van der Waals surface area (Å²) in [4.78, 5) is 0.0142. The molecule has 3 rings (SSSR count). The summed E-state index contributed by atoms with van der Waals surface area (Å²) >= 11 is 0. The van der Waals surface area contributed by atoms with E-state index in [0.29, 0.717) is 12.2 Å². The Morgan fingerprint density at radius 2 is 1.59 bits per heavy atom. The molecule has 29 heavy (non-hydrogen) atoms. The highest BCUT2D eigenvalue weighted by Crippen LogP contribution is 2.29. The van der Waals surface area contributed by atoms with Crippen molar-refractivity contribution in [2.45, 2.75) is 55.2 Å². The monoisotopic (exact) mass is 437 g/mol. The summed E-state index contributed by atoms with van der Waals surface area (Å²) < 4.78 is 52.0. The van der Waals surface area contributed by atoms with Crippen molar-refractivity contribution in [3.05, 3.63) is 47.5 Å². The molecule has 9 heteroatoms. The van der Waals surface area contributed by atoms with Crippen LogP contribution in [0.15, 0.2) is 46.2 Å². The third kappa shape index (κ3) is 5.29. The molecule has 0 heterocycles. The highest BCUT2D eigenvalue weighted by atomic mass is 32.2. The van der Waals surface area contributed by atoms with Crippen molar-refractivity contribution in [1.82, 2.24) is 0 Å². The molecule has 2 aromatic carbocycles. The standard InChI is InChI=1S/C20H27N3O4S2/c1-2-3-12-22-19-11-10-17(28(21,24)25)14-20(19)23-29(26,27)18-9-8-15-6-4-5-7-16(15)13-18/h8-11,13-14,22-23H,2-7,12H2,1H3,(H2,21,24,25). The zero-order valence-electron chi connectivity index (χ0n) is 16.4. The van der Waals surface area contributed by atoms with E-state index >= 15 is 0 Å². The van der Waals surface area contributed by atoms with Gasteiger partial charge in [-0.15, -0.1) is 0 Å². The second-order valence-electron chi connectivity index (χ2n) is 7.28. The van der Waals surface area contributed by atoms with Crippen LogP contribution in [0.4, 0.5) is 11.4 Å². The van der Waals surface area contributed by atoms with E-state index in [1.54, 1.807) is 12.1 Å². The van der Waals surface area contributed by atoms with Crippen molar-refractivity contribution in [1.29, 1.82) is 0 Å². The number of sulfonamides is 2. The van der Waals surface area contributed by atoms with Crippen molar-refractivity contribution in [2.24, 2.45) is 5.14 Å². The summed E-state index contributed by atoms with van der Waals surface area (Å²) in [6.45, 7) is 2.68. The fraction of sp³-hybridized carbons (Fsp3) is 0.400. The molecule has 0 radical (unpaired) electrons. The van der Waals surface area contributed by atoms with E-state index < -0.39 is 20.0 Å². The number of nitrogens with two attached hydrogens (primary N) is 1. The highest BCUT2D eigenvalue weighted by molar-refractivity contribution is 7.92. The van der Waals surface area contributed by atoms with E-state index in [4.69, 9.17) is 5.14 Å². The van der Waals surface area contributed by atoms with Crippen LogP contribution in [0.25, 0.3) is 0 Å². The molecule has 0 unspecified atom stereocenters. The average molecular weight is 438 g/mol. The lowest BCUT2D eigenvalue weighted by Gasteiger charge is -2.18. The molecule has 0 saturated heterocycles. The van der Waals surface area contributed by atoms with Gasteiger partial charge in [-0.05, 0) is 73.6 Å². The first-order valence-corrected chi connectivity index (χ1v) is 12.8. The number of aryl methyl sites for hydroxylation is 2. The zero-order valence-corrected chi connectivity index (χ0v) is 18.1. The first kappa shape index (κ1) is 21.6. The molecule has 1 aliphatic rings. The topological polar surface area (TPSA) is 118 Å². The summed E-state index contributed by atoms with van der Waals surface area (Å²) in [6.07, 6.45) is 5.86. The van der Waals surface area contributed by atoms with Crippen LogP contribution in [0.1, 0.15) is 43.7 Å². The molecule has 0 fully saturated rings. The Labute approximate surface area is 172 Å². The predicted octanol–water partition coefficient (Wildman–Crippen LogP) is 3.23. The largest absolute Gasteiger partial charge is 0.383 e. The summed E-state index contributed by atoms with van der Waals surface area (Å²) in [6, 6.07) is 9.31. The van der Waals surface area contributed by atoms with Gasteiger partial charge in [0.2, 0.25) is 10.0 Å². The van der Waals surface area contributed by atoms with Gasteiger partial charge in [0, 0.05) is 6.54 Å². The van der Waals surface area contributed by atoms with E-state index in [9.17, 15) is 16.8 Å². The maximum atomic E-state index is 13.0. The van der Waals surface area contributed by atoms with Gasteiger partial charge in [-0.2, -0.15) is 0 Å². The molecule has 0 bridgehead atoms. The van der Waals surface area contributed by atoms with E-state index in [2.05, 4.69) is 10.0 Å². The van der Waals surface area contributed by atoms with E-state index in [1.807, 2.05) is 13.0 Å². The van der Waals surface area contributed by atoms with Crippen molar-refractivity contribution in [3.63, 3.8) is 0 Å². The van der Waals surface area contributed by atoms with Crippen LogP contribution < -0.4 is 15.2 Å². The second kappa shape index (κ2) is 8.73. The van der Waals surface area contributed by atoms with Crippen molar-refractivity contribution in [3.8, 4) is 0 Å². The van der Waals surface area contributed by atoms with Crippen LogP contribution in [-0.4, -0.2) is 23.4 Å². The molecular formula is C20H27N3O4S2. The van der Waals surface area contributed by atoms with Gasteiger partial charge < -0.3 is 5.32 Å². The first-order valence-electron chi connectivity index (χ1n) is 9.76. The maximum Gasteiger partial charge on any atom is 0.261 e. The van der Waals surface area contributed by atoms with Crippen molar-refractivity contribution < 1.29 is 16.8 Å². The number of fused-ring (bicyclic) bond motifs is 1. The molecule has 7 nitrogen and oxygen atoms in total. The third-order valence-electron chi connectivity index (χ3n) is 5.04. The number of hydrogen-bond donors (Lipinski definition) is 3. The molecule has 0 aliphatic heterocycles. The van der Waals surface area contributed by atoms with Gasteiger partial charge in [-0.3, -0.25) is 4.72 Å². The first-order chi connectivity index (χ1) is 13.7. The molecule has 158 valence electrons. The minimum Gasteiger partial charge on any atom is -0.383 e. The number of nitrogens with one attached hydrogen (secondary N) is 2. The van der Waals surface area contributed by atoms with Gasteiger partial charge in [-0.1, -0.05) is 19.4 Å².